The number of aromatic amines is 1. The maximum atomic E-state index is 11.2. The fraction of sp³-hybridized carbons (Fsp3) is 0.692. The largest absolute Gasteiger partial charge is 0.480 e. The molecule has 1 aromatic rings. The minimum atomic E-state index is -0.750. The normalized spacial score (nSPS) is 21.7. The summed E-state index contributed by atoms with van der Waals surface area (Å²) in [4.78, 5) is 23.1. The van der Waals surface area contributed by atoms with Crippen molar-refractivity contribution in [1.82, 2.24) is 19.8 Å². The smallest absolute Gasteiger partial charge is 0.322 e. The molecule has 1 aliphatic rings. The third-order valence-electron chi connectivity index (χ3n) is 3.76. The molecule has 0 amide bonds. The lowest BCUT2D eigenvalue weighted by Gasteiger charge is -2.36. The van der Waals surface area contributed by atoms with Crippen molar-refractivity contribution in [2.75, 3.05) is 26.7 Å². The van der Waals surface area contributed by atoms with Gasteiger partial charge in [-0.15, -0.1) is 0 Å². The molecule has 106 valence electrons. The van der Waals surface area contributed by atoms with Crippen LogP contribution in [-0.4, -0.2) is 63.6 Å². The summed E-state index contributed by atoms with van der Waals surface area (Å²) in [5, 5.41) is 9.20. The van der Waals surface area contributed by atoms with E-state index in [4.69, 9.17) is 0 Å². The van der Waals surface area contributed by atoms with Gasteiger partial charge < -0.3 is 10.1 Å². The molecule has 19 heavy (non-hydrogen) atoms. The minimum absolute atomic E-state index is 0.418. The number of carbonyl (C=O) groups is 1. The molecule has 1 fully saturated rings. The molecule has 0 bridgehead atoms. The highest BCUT2D eigenvalue weighted by atomic mass is 16.4. The Hall–Kier alpha value is -1.40. The molecule has 0 aliphatic carbocycles. The summed E-state index contributed by atoms with van der Waals surface area (Å²) in [5.74, 6) is 0.247. The van der Waals surface area contributed by atoms with Crippen molar-refractivity contribution < 1.29 is 9.90 Å². The number of nitrogens with zero attached hydrogens (tertiary/aromatic N) is 3. The van der Waals surface area contributed by atoms with Crippen LogP contribution in [0.4, 0.5) is 0 Å². The molecule has 2 heterocycles. The van der Waals surface area contributed by atoms with Gasteiger partial charge in [-0.2, -0.15) is 0 Å². The van der Waals surface area contributed by atoms with Gasteiger partial charge in [0.15, 0.2) is 0 Å². The van der Waals surface area contributed by atoms with E-state index in [9.17, 15) is 9.90 Å². The summed E-state index contributed by atoms with van der Waals surface area (Å²) >= 11 is 0. The minimum Gasteiger partial charge on any atom is -0.480 e. The lowest BCUT2D eigenvalue weighted by molar-refractivity contribution is -0.145. The number of aromatic nitrogens is 2. The standard InChI is InChI=1S/C13H22N4O2/c1-4-12-14-9(2)10(15-12)7-17-6-5-16(3)11(8-17)13(18)19/h11H,4-8H2,1-3H3,(H,14,15)(H,18,19)/t11-/m1/s1. The van der Waals surface area contributed by atoms with E-state index in [2.05, 4.69) is 21.8 Å². The number of H-pyrrole nitrogens is 1. The van der Waals surface area contributed by atoms with Crippen molar-refractivity contribution in [3.63, 3.8) is 0 Å². The zero-order valence-corrected chi connectivity index (χ0v) is 11.8. The van der Waals surface area contributed by atoms with Crippen molar-refractivity contribution in [2.24, 2.45) is 0 Å². The van der Waals surface area contributed by atoms with Gasteiger partial charge in [0.25, 0.3) is 0 Å². The molecule has 6 nitrogen and oxygen atoms in total. The van der Waals surface area contributed by atoms with Crippen molar-refractivity contribution in [3.05, 3.63) is 17.2 Å². The van der Waals surface area contributed by atoms with Crippen molar-refractivity contribution in [2.45, 2.75) is 32.9 Å². The van der Waals surface area contributed by atoms with Crippen LogP contribution in [0.1, 0.15) is 24.1 Å². The number of aryl methyl sites for hydroxylation is 2. The highest BCUT2D eigenvalue weighted by molar-refractivity contribution is 5.73. The van der Waals surface area contributed by atoms with Crippen molar-refractivity contribution >= 4 is 5.97 Å². The lowest BCUT2D eigenvalue weighted by atomic mass is 10.1. The van der Waals surface area contributed by atoms with Gasteiger partial charge in [-0.1, -0.05) is 6.92 Å². The summed E-state index contributed by atoms with van der Waals surface area (Å²) in [6, 6.07) is -0.418. The van der Waals surface area contributed by atoms with Gasteiger partial charge in [-0.05, 0) is 14.0 Å². The zero-order chi connectivity index (χ0) is 14.0. The Morgan fingerprint density at radius 3 is 2.84 bits per heavy atom. The van der Waals surface area contributed by atoms with Gasteiger partial charge in [-0.25, -0.2) is 4.98 Å². The Balaban J connectivity index is 2.03. The summed E-state index contributed by atoms with van der Waals surface area (Å²) in [7, 11) is 1.87. The molecular weight excluding hydrogens is 244 g/mol. The first-order valence-corrected chi connectivity index (χ1v) is 6.71. The second-order valence-corrected chi connectivity index (χ2v) is 5.18. The van der Waals surface area contributed by atoms with Crippen molar-refractivity contribution in [1.29, 1.82) is 0 Å². The summed E-state index contributed by atoms with van der Waals surface area (Å²) < 4.78 is 0. The third kappa shape index (κ3) is 3.13. The molecule has 0 spiro atoms. The number of carboxylic acid groups (broad SMARTS) is 1. The number of nitrogens with one attached hydrogen (secondary N) is 1. The van der Waals surface area contributed by atoms with E-state index >= 15 is 0 Å². The SMILES string of the molecule is CCc1nc(CN2CCN(C)[C@@H](C(=O)O)C2)c(C)[nH]1. The van der Waals surface area contributed by atoms with E-state index < -0.39 is 12.0 Å². The Morgan fingerprint density at radius 1 is 1.53 bits per heavy atom. The van der Waals surface area contributed by atoms with Crippen LogP contribution in [0.25, 0.3) is 0 Å². The fourth-order valence-electron chi connectivity index (χ4n) is 2.44. The molecule has 1 saturated heterocycles. The average Bonchev–Trinajstić information content (AvgIpc) is 2.72. The van der Waals surface area contributed by atoms with Gasteiger partial charge in [0.2, 0.25) is 0 Å². The quantitative estimate of drug-likeness (QED) is 0.829. The van der Waals surface area contributed by atoms with Crippen LogP contribution in [-0.2, 0) is 17.8 Å². The first kappa shape index (κ1) is 14.0. The Morgan fingerprint density at radius 2 is 2.26 bits per heavy atom. The van der Waals surface area contributed by atoms with E-state index in [-0.39, 0.29) is 0 Å². The van der Waals surface area contributed by atoms with Crippen LogP contribution in [0, 0.1) is 6.92 Å². The second kappa shape index (κ2) is 5.71. The van der Waals surface area contributed by atoms with E-state index in [0.29, 0.717) is 6.54 Å². The molecule has 2 rings (SSSR count). The number of imidazole rings is 1. The Labute approximate surface area is 113 Å². The number of hydrogen-bond acceptors (Lipinski definition) is 4. The van der Waals surface area contributed by atoms with Crippen LogP contribution >= 0.6 is 0 Å². The lowest BCUT2D eigenvalue weighted by Crippen LogP contribution is -2.54. The van der Waals surface area contributed by atoms with E-state index in [1.165, 1.54) is 0 Å². The van der Waals surface area contributed by atoms with Crippen LogP contribution in [0.3, 0.4) is 0 Å². The van der Waals surface area contributed by atoms with E-state index in [0.717, 1.165) is 43.3 Å². The zero-order valence-electron chi connectivity index (χ0n) is 11.8. The predicted octanol–water partition coefficient (Wildman–Crippen LogP) is 0.481. The maximum absolute atomic E-state index is 11.2. The Bertz CT molecular complexity index is 457. The van der Waals surface area contributed by atoms with Crippen LogP contribution < -0.4 is 0 Å². The van der Waals surface area contributed by atoms with Gasteiger partial charge >= 0.3 is 5.97 Å². The molecule has 0 aromatic carbocycles. The molecule has 6 heteroatoms. The van der Waals surface area contributed by atoms with Crippen molar-refractivity contribution in [3.8, 4) is 0 Å². The third-order valence-corrected chi connectivity index (χ3v) is 3.76. The molecule has 1 aromatic heterocycles. The van der Waals surface area contributed by atoms with Crippen LogP contribution in [0.15, 0.2) is 0 Å². The molecular formula is C13H22N4O2. The highest BCUT2D eigenvalue weighted by Gasteiger charge is 2.30. The molecule has 0 unspecified atom stereocenters. The first-order valence-electron chi connectivity index (χ1n) is 6.71. The Kier molecular flexibility index (Phi) is 4.21. The van der Waals surface area contributed by atoms with Gasteiger partial charge in [0.1, 0.15) is 11.9 Å². The summed E-state index contributed by atoms with van der Waals surface area (Å²) in [6.45, 7) is 7.03. The predicted molar refractivity (Wildman–Crippen MR) is 72.0 cm³/mol. The number of likely N-dealkylation sites (N-methyl/N-ethyl adjacent to an activating group) is 1. The average molecular weight is 266 g/mol. The van der Waals surface area contributed by atoms with Gasteiger partial charge in [-0.3, -0.25) is 14.6 Å². The maximum Gasteiger partial charge on any atom is 0.322 e. The van der Waals surface area contributed by atoms with Gasteiger partial charge in [0.05, 0.1) is 5.69 Å². The topological polar surface area (TPSA) is 72.5 Å². The summed E-state index contributed by atoms with van der Waals surface area (Å²) in [6.07, 6.45) is 0.890. The molecule has 1 aliphatic heterocycles. The number of rotatable bonds is 4. The van der Waals surface area contributed by atoms with Gasteiger partial charge in [0, 0.05) is 38.3 Å². The number of hydrogen-bond donors (Lipinski definition) is 2. The molecule has 0 saturated carbocycles. The fourth-order valence-corrected chi connectivity index (χ4v) is 2.44. The number of aliphatic carboxylic acids is 1. The van der Waals surface area contributed by atoms with Crippen LogP contribution in [0.5, 0.6) is 0 Å². The number of piperazine rings is 1. The van der Waals surface area contributed by atoms with E-state index in [1.807, 2.05) is 18.9 Å². The molecule has 2 N–H and O–H groups in total. The summed E-state index contributed by atoms with van der Waals surface area (Å²) in [5.41, 5.74) is 2.12. The van der Waals surface area contributed by atoms with E-state index in [1.54, 1.807) is 0 Å². The molecule has 0 radical (unpaired) electrons. The second-order valence-electron chi connectivity index (χ2n) is 5.18. The highest BCUT2D eigenvalue weighted by Crippen LogP contribution is 2.14. The number of carboxylic acids is 1. The van der Waals surface area contributed by atoms with Crippen LogP contribution in [0.2, 0.25) is 0 Å². The first-order chi connectivity index (χ1) is 9.01. The monoisotopic (exact) mass is 266 g/mol. The molecule has 1 atom stereocenters.